The molecule has 3 rings (SSSR count). The van der Waals surface area contributed by atoms with Gasteiger partial charge in [-0.05, 0) is 6.42 Å². The van der Waals surface area contributed by atoms with Gasteiger partial charge in [-0.2, -0.15) is 5.10 Å². The number of hydrogen-bond donors (Lipinski definition) is 2. The summed E-state index contributed by atoms with van der Waals surface area (Å²) in [5.41, 5.74) is 3.21. The van der Waals surface area contributed by atoms with Gasteiger partial charge in [-0.25, -0.2) is 0 Å². The van der Waals surface area contributed by atoms with Gasteiger partial charge < -0.3 is 10.2 Å². The average molecular weight is 298 g/mol. The lowest BCUT2D eigenvalue weighted by Gasteiger charge is -2.10. The monoisotopic (exact) mass is 298 g/mol. The second-order valence-corrected chi connectivity index (χ2v) is 5.18. The van der Waals surface area contributed by atoms with E-state index in [2.05, 4.69) is 20.7 Å². The number of carbonyl (C=O) groups is 1. The summed E-state index contributed by atoms with van der Waals surface area (Å²) in [5.74, 6) is -0.166. The molecule has 2 N–H and O–H groups in total. The minimum Gasteiger partial charge on any atom is -0.390 e. The molecule has 114 valence electrons. The Bertz CT molecular complexity index is 678. The summed E-state index contributed by atoms with van der Waals surface area (Å²) in [4.78, 5) is 17.6. The van der Waals surface area contributed by atoms with Crippen molar-refractivity contribution in [3.8, 4) is 11.3 Å². The van der Waals surface area contributed by atoms with Crippen LogP contribution in [0.1, 0.15) is 30.1 Å². The molecule has 0 unspecified atom stereocenters. The first-order chi connectivity index (χ1) is 10.8. The van der Waals surface area contributed by atoms with Crippen LogP contribution in [0.25, 0.3) is 11.3 Å². The lowest BCUT2D eigenvalue weighted by Crippen LogP contribution is -2.32. The fourth-order valence-electron chi connectivity index (χ4n) is 2.39. The van der Waals surface area contributed by atoms with Crippen LogP contribution in [0, 0.1) is 0 Å². The van der Waals surface area contributed by atoms with E-state index in [1.54, 1.807) is 6.20 Å². The molecule has 1 aromatic carbocycles. The number of carbonyl (C=O) groups excluding carboxylic acids is 1. The zero-order valence-corrected chi connectivity index (χ0v) is 12.4. The minimum absolute atomic E-state index is 0.0778. The van der Waals surface area contributed by atoms with Crippen LogP contribution in [0.4, 0.5) is 0 Å². The number of amides is 1. The maximum Gasteiger partial charge on any atom is 0.255 e. The first kappa shape index (κ1) is 14.3. The van der Waals surface area contributed by atoms with Gasteiger partial charge in [0.05, 0.1) is 29.7 Å². The zero-order chi connectivity index (χ0) is 15.4. The molecule has 0 bridgehead atoms. The number of H-pyrrole nitrogens is 1. The molecule has 1 aromatic heterocycles. The van der Waals surface area contributed by atoms with Gasteiger partial charge in [0.15, 0.2) is 0 Å². The van der Waals surface area contributed by atoms with E-state index in [1.807, 2.05) is 37.3 Å². The van der Waals surface area contributed by atoms with Gasteiger partial charge in [-0.1, -0.05) is 42.4 Å². The Labute approximate surface area is 128 Å². The van der Waals surface area contributed by atoms with Crippen molar-refractivity contribution in [2.75, 3.05) is 6.54 Å². The number of oxime groups is 1. The molecule has 0 saturated carbocycles. The molecule has 0 radical (unpaired) electrons. The Balaban J connectivity index is 1.63. The Morgan fingerprint density at radius 2 is 2.23 bits per heavy atom. The van der Waals surface area contributed by atoms with Gasteiger partial charge in [-0.15, -0.1) is 0 Å². The van der Waals surface area contributed by atoms with Crippen molar-refractivity contribution < 1.29 is 9.63 Å². The van der Waals surface area contributed by atoms with Crippen LogP contribution in [-0.2, 0) is 4.84 Å². The maximum atomic E-state index is 12.3. The Morgan fingerprint density at radius 3 is 2.95 bits per heavy atom. The lowest BCUT2D eigenvalue weighted by atomic mass is 10.1. The minimum atomic E-state index is -0.166. The summed E-state index contributed by atoms with van der Waals surface area (Å²) >= 11 is 0. The second-order valence-electron chi connectivity index (χ2n) is 5.18. The van der Waals surface area contributed by atoms with E-state index < -0.39 is 0 Å². The van der Waals surface area contributed by atoms with Crippen molar-refractivity contribution in [2.45, 2.75) is 25.9 Å². The average Bonchev–Trinajstić information content (AvgIpc) is 3.22. The second kappa shape index (κ2) is 6.43. The third-order valence-electron chi connectivity index (χ3n) is 3.64. The highest BCUT2D eigenvalue weighted by Gasteiger charge is 2.22. The molecule has 0 aliphatic carbocycles. The summed E-state index contributed by atoms with van der Waals surface area (Å²) in [5, 5.41) is 13.7. The largest absolute Gasteiger partial charge is 0.390 e. The molecule has 6 heteroatoms. The Morgan fingerprint density at radius 1 is 1.41 bits per heavy atom. The smallest absolute Gasteiger partial charge is 0.255 e. The van der Waals surface area contributed by atoms with Crippen LogP contribution < -0.4 is 5.32 Å². The van der Waals surface area contributed by atoms with Gasteiger partial charge in [0.2, 0.25) is 0 Å². The van der Waals surface area contributed by atoms with Crippen LogP contribution in [-0.4, -0.2) is 34.5 Å². The SMILES string of the molecule is CCC1=NO[C@H](CNC(=O)c2cn[nH]c2-c2ccccc2)C1. The summed E-state index contributed by atoms with van der Waals surface area (Å²) in [6.45, 7) is 2.48. The summed E-state index contributed by atoms with van der Waals surface area (Å²) in [6, 6.07) is 9.65. The summed E-state index contributed by atoms with van der Waals surface area (Å²) in [7, 11) is 0. The van der Waals surface area contributed by atoms with Gasteiger partial charge in [-0.3, -0.25) is 9.89 Å². The molecular weight excluding hydrogens is 280 g/mol. The highest BCUT2D eigenvalue weighted by atomic mass is 16.6. The molecule has 0 spiro atoms. The van der Waals surface area contributed by atoms with E-state index in [0.29, 0.717) is 12.1 Å². The van der Waals surface area contributed by atoms with E-state index in [0.717, 1.165) is 29.8 Å². The molecule has 0 saturated heterocycles. The quantitative estimate of drug-likeness (QED) is 0.889. The van der Waals surface area contributed by atoms with Crippen molar-refractivity contribution in [2.24, 2.45) is 5.16 Å². The van der Waals surface area contributed by atoms with Crippen LogP contribution in [0.2, 0.25) is 0 Å². The summed E-state index contributed by atoms with van der Waals surface area (Å²) in [6.07, 6.45) is 3.12. The number of nitrogens with one attached hydrogen (secondary N) is 2. The Kier molecular flexibility index (Phi) is 4.18. The third-order valence-corrected chi connectivity index (χ3v) is 3.64. The van der Waals surface area contributed by atoms with Crippen LogP contribution in [0.15, 0.2) is 41.7 Å². The maximum absolute atomic E-state index is 12.3. The molecular formula is C16H18N4O2. The fraction of sp³-hybridized carbons (Fsp3) is 0.312. The van der Waals surface area contributed by atoms with E-state index in [1.165, 1.54) is 0 Å². The molecule has 0 fully saturated rings. The fourth-order valence-corrected chi connectivity index (χ4v) is 2.39. The number of aromatic amines is 1. The van der Waals surface area contributed by atoms with Crippen molar-refractivity contribution in [3.05, 3.63) is 42.1 Å². The molecule has 1 amide bonds. The topological polar surface area (TPSA) is 79.4 Å². The highest BCUT2D eigenvalue weighted by Crippen LogP contribution is 2.20. The van der Waals surface area contributed by atoms with E-state index in [9.17, 15) is 4.79 Å². The van der Waals surface area contributed by atoms with Crippen LogP contribution in [0.5, 0.6) is 0 Å². The van der Waals surface area contributed by atoms with Crippen molar-refractivity contribution >= 4 is 11.6 Å². The number of aromatic nitrogens is 2. The predicted octanol–water partition coefficient (Wildman–Crippen LogP) is 2.36. The van der Waals surface area contributed by atoms with Gasteiger partial charge in [0.1, 0.15) is 6.10 Å². The molecule has 1 atom stereocenters. The number of rotatable bonds is 5. The van der Waals surface area contributed by atoms with E-state index >= 15 is 0 Å². The normalized spacial score (nSPS) is 17.0. The van der Waals surface area contributed by atoms with Crippen LogP contribution >= 0.6 is 0 Å². The third kappa shape index (κ3) is 3.00. The van der Waals surface area contributed by atoms with Gasteiger partial charge in [0, 0.05) is 12.0 Å². The molecule has 2 heterocycles. The molecule has 2 aromatic rings. The van der Waals surface area contributed by atoms with Crippen molar-refractivity contribution in [1.29, 1.82) is 0 Å². The first-order valence-electron chi connectivity index (χ1n) is 7.36. The summed E-state index contributed by atoms with van der Waals surface area (Å²) < 4.78 is 0. The standard InChI is InChI=1S/C16H18N4O2/c1-2-12-8-13(22-20-12)9-17-16(21)14-10-18-19-15(14)11-6-4-3-5-7-11/h3-7,10,13H,2,8-9H2,1H3,(H,17,21)(H,18,19)/t13-/m0/s1. The van der Waals surface area contributed by atoms with Crippen LogP contribution in [0.3, 0.4) is 0 Å². The molecule has 22 heavy (non-hydrogen) atoms. The number of nitrogens with zero attached hydrogens (tertiary/aromatic N) is 2. The number of benzene rings is 1. The zero-order valence-electron chi connectivity index (χ0n) is 12.4. The Hall–Kier alpha value is -2.63. The molecule has 1 aliphatic heterocycles. The first-order valence-corrected chi connectivity index (χ1v) is 7.36. The molecule has 6 nitrogen and oxygen atoms in total. The lowest BCUT2D eigenvalue weighted by molar-refractivity contribution is 0.0754. The van der Waals surface area contributed by atoms with E-state index in [4.69, 9.17) is 4.84 Å². The van der Waals surface area contributed by atoms with Gasteiger partial charge in [0.25, 0.3) is 5.91 Å². The van der Waals surface area contributed by atoms with E-state index in [-0.39, 0.29) is 12.0 Å². The predicted molar refractivity (Wildman–Crippen MR) is 83.6 cm³/mol. The molecule has 1 aliphatic rings. The van der Waals surface area contributed by atoms with Crippen molar-refractivity contribution in [1.82, 2.24) is 15.5 Å². The number of hydrogen-bond acceptors (Lipinski definition) is 4. The van der Waals surface area contributed by atoms with Crippen molar-refractivity contribution in [3.63, 3.8) is 0 Å². The highest BCUT2D eigenvalue weighted by molar-refractivity contribution is 5.99. The van der Waals surface area contributed by atoms with Gasteiger partial charge >= 0.3 is 0 Å².